The summed E-state index contributed by atoms with van der Waals surface area (Å²) < 4.78 is 0. The van der Waals surface area contributed by atoms with E-state index in [2.05, 4.69) is 11.8 Å². The number of rotatable bonds is 4. The van der Waals surface area contributed by atoms with Gasteiger partial charge in [0, 0.05) is 18.6 Å². The lowest BCUT2D eigenvalue weighted by Gasteiger charge is -2.41. The fourth-order valence-electron chi connectivity index (χ4n) is 3.09. The quantitative estimate of drug-likeness (QED) is 0.900. The molecular weight excluding hydrogens is 279 g/mol. The molecule has 2 N–H and O–H groups in total. The van der Waals surface area contributed by atoms with Gasteiger partial charge in [-0.3, -0.25) is 4.90 Å². The summed E-state index contributed by atoms with van der Waals surface area (Å²) >= 11 is 12.5. The fourth-order valence-corrected chi connectivity index (χ4v) is 3.52. The van der Waals surface area contributed by atoms with Crippen molar-refractivity contribution in [2.75, 3.05) is 13.1 Å². The molecule has 0 bridgehead atoms. The van der Waals surface area contributed by atoms with Crippen LogP contribution in [-0.2, 0) is 0 Å². The number of nitrogens with zero attached hydrogens (tertiary/aromatic N) is 1. The summed E-state index contributed by atoms with van der Waals surface area (Å²) in [5, 5.41) is 1.27. The van der Waals surface area contributed by atoms with Gasteiger partial charge in [0.2, 0.25) is 0 Å². The second kappa shape index (κ2) is 6.94. The SMILES string of the molecule is CCC1CCCCN1C(CN)c1cccc(Cl)c1Cl. The largest absolute Gasteiger partial charge is 0.329 e. The van der Waals surface area contributed by atoms with Crippen molar-refractivity contribution in [1.82, 2.24) is 4.90 Å². The van der Waals surface area contributed by atoms with Crippen LogP contribution >= 0.6 is 23.2 Å². The van der Waals surface area contributed by atoms with Gasteiger partial charge in [-0.2, -0.15) is 0 Å². The highest BCUT2D eigenvalue weighted by Crippen LogP contribution is 2.35. The summed E-state index contributed by atoms with van der Waals surface area (Å²) in [6.45, 7) is 3.93. The van der Waals surface area contributed by atoms with Gasteiger partial charge in [0.05, 0.1) is 10.0 Å². The number of hydrogen-bond acceptors (Lipinski definition) is 2. The van der Waals surface area contributed by atoms with Gasteiger partial charge >= 0.3 is 0 Å². The molecule has 1 aromatic rings. The molecule has 0 amide bonds. The van der Waals surface area contributed by atoms with Gasteiger partial charge < -0.3 is 5.73 Å². The van der Waals surface area contributed by atoms with E-state index in [-0.39, 0.29) is 6.04 Å². The normalized spacial score (nSPS) is 22.4. The first-order chi connectivity index (χ1) is 9.19. The van der Waals surface area contributed by atoms with Crippen LogP contribution in [0.2, 0.25) is 10.0 Å². The van der Waals surface area contributed by atoms with Crippen LogP contribution in [0.4, 0.5) is 0 Å². The van der Waals surface area contributed by atoms with Gasteiger partial charge in [-0.05, 0) is 37.4 Å². The predicted molar refractivity (Wildman–Crippen MR) is 82.9 cm³/mol. The van der Waals surface area contributed by atoms with E-state index in [0.29, 0.717) is 22.6 Å². The molecule has 2 unspecified atom stereocenters. The van der Waals surface area contributed by atoms with Gasteiger partial charge in [0.1, 0.15) is 0 Å². The lowest BCUT2D eigenvalue weighted by atomic mass is 9.95. The van der Waals surface area contributed by atoms with Gasteiger partial charge in [0.25, 0.3) is 0 Å². The minimum absolute atomic E-state index is 0.177. The van der Waals surface area contributed by atoms with Crippen molar-refractivity contribution in [2.24, 2.45) is 5.73 Å². The van der Waals surface area contributed by atoms with Crippen LogP contribution in [0, 0.1) is 0 Å². The minimum Gasteiger partial charge on any atom is -0.329 e. The lowest BCUT2D eigenvalue weighted by Crippen LogP contribution is -2.44. The number of likely N-dealkylation sites (tertiary alicyclic amines) is 1. The van der Waals surface area contributed by atoms with Crippen molar-refractivity contribution in [1.29, 1.82) is 0 Å². The first kappa shape index (κ1) is 15.1. The minimum atomic E-state index is 0.177. The first-order valence-corrected chi connectivity index (χ1v) is 7.84. The van der Waals surface area contributed by atoms with Crippen LogP contribution < -0.4 is 5.73 Å². The molecule has 1 fully saturated rings. The molecule has 19 heavy (non-hydrogen) atoms. The molecule has 2 rings (SSSR count). The molecule has 1 aliphatic rings. The molecule has 0 aliphatic carbocycles. The summed E-state index contributed by atoms with van der Waals surface area (Å²) in [5.41, 5.74) is 7.09. The van der Waals surface area contributed by atoms with E-state index in [9.17, 15) is 0 Å². The highest BCUT2D eigenvalue weighted by Gasteiger charge is 2.29. The average Bonchev–Trinajstić information content (AvgIpc) is 2.45. The Hall–Kier alpha value is -0.280. The van der Waals surface area contributed by atoms with Crippen LogP contribution in [0.5, 0.6) is 0 Å². The summed E-state index contributed by atoms with van der Waals surface area (Å²) in [4.78, 5) is 2.51. The van der Waals surface area contributed by atoms with Crippen LogP contribution in [-0.4, -0.2) is 24.0 Å². The molecule has 0 radical (unpaired) electrons. The van der Waals surface area contributed by atoms with E-state index in [4.69, 9.17) is 28.9 Å². The Bertz CT molecular complexity index is 423. The molecule has 2 nitrogen and oxygen atoms in total. The maximum Gasteiger partial charge on any atom is 0.0640 e. The van der Waals surface area contributed by atoms with Gasteiger partial charge in [0.15, 0.2) is 0 Å². The summed E-state index contributed by atoms with van der Waals surface area (Å²) in [5.74, 6) is 0. The topological polar surface area (TPSA) is 29.3 Å². The van der Waals surface area contributed by atoms with Gasteiger partial charge in [-0.1, -0.05) is 48.7 Å². The van der Waals surface area contributed by atoms with Crippen molar-refractivity contribution in [3.05, 3.63) is 33.8 Å². The second-order valence-corrected chi connectivity index (χ2v) is 5.98. The first-order valence-electron chi connectivity index (χ1n) is 7.08. The van der Waals surface area contributed by atoms with Crippen molar-refractivity contribution >= 4 is 23.2 Å². The van der Waals surface area contributed by atoms with Crippen LogP contribution in [0.15, 0.2) is 18.2 Å². The maximum absolute atomic E-state index is 6.36. The Labute approximate surface area is 125 Å². The number of halogens is 2. The predicted octanol–water partition coefficient (Wildman–Crippen LogP) is 4.26. The zero-order valence-corrected chi connectivity index (χ0v) is 12.9. The Morgan fingerprint density at radius 1 is 1.37 bits per heavy atom. The average molecular weight is 301 g/mol. The van der Waals surface area contributed by atoms with Crippen LogP contribution in [0.3, 0.4) is 0 Å². The Morgan fingerprint density at radius 2 is 2.16 bits per heavy atom. The zero-order chi connectivity index (χ0) is 13.8. The molecule has 2 atom stereocenters. The Morgan fingerprint density at radius 3 is 2.84 bits per heavy atom. The molecule has 0 aromatic heterocycles. The molecule has 0 spiro atoms. The van der Waals surface area contributed by atoms with E-state index in [1.165, 1.54) is 19.3 Å². The highest BCUT2D eigenvalue weighted by molar-refractivity contribution is 6.42. The second-order valence-electron chi connectivity index (χ2n) is 5.19. The van der Waals surface area contributed by atoms with Crippen LogP contribution in [0.25, 0.3) is 0 Å². The summed E-state index contributed by atoms with van der Waals surface area (Å²) in [7, 11) is 0. The van der Waals surface area contributed by atoms with Crippen LogP contribution in [0.1, 0.15) is 44.2 Å². The molecule has 4 heteroatoms. The zero-order valence-electron chi connectivity index (χ0n) is 11.4. The van der Waals surface area contributed by atoms with E-state index >= 15 is 0 Å². The number of benzene rings is 1. The molecule has 1 heterocycles. The highest BCUT2D eigenvalue weighted by atomic mass is 35.5. The Balaban J connectivity index is 2.30. The van der Waals surface area contributed by atoms with Gasteiger partial charge in [-0.15, -0.1) is 0 Å². The summed E-state index contributed by atoms with van der Waals surface area (Å²) in [6.07, 6.45) is 4.97. The third-order valence-corrected chi connectivity index (χ3v) is 4.94. The van der Waals surface area contributed by atoms with E-state index in [1.54, 1.807) is 0 Å². The molecule has 1 aromatic carbocycles. The van der Waals surface area contributed by atoms with Crippen molar-refractivity contribution in [2.45, 2.75) is 44.7 Å². The van der Waals surface area contributed by atoms with Crippen molar-refractivity contribution in [3.63, 3.8) is 0 Å². The molecular formula is C15H22Cl2N2. The van der Waals surface area contributed by atoms with E-state index < -0.39 is 0 Å². The monoisotopic (exact) mass is 300 g/mol. The maximum atomic E-state index is 6.36. The smallest absolute Gasteiger partial charge is 0.0640 e. The van der Waals surface area contributed by atoms with Crippen molar-refractivity contribution in [3.8, 4) is 0 Å². The Kier molecular flexibility index (Phi) is 5.52. The molecule has 0 saturated carbocycles. The fraction of sp³-hybridized carbons (Fsp3) is 0.600. The summed E-state index contributed by atoms with van der Waals surface area (Å²) in [6, 6.07) is 6.62. The third kappa shape index (κ3) is 3.25. The van der Waals surface area contributed by atoms with E-state index in [0.717, 1.165) is 18.5 Å². The van der Waals surface area contributed by atoms with E-state index in [1.807, 2.05) is 18.2 Å². The molecule has 1 saturated heterocycles. The molecule has 106 valence electrons. The standard InChI is InChI=1S/C15H22Cl2N2/c1-2-11-6-3-4-9-19(11)14(10-18)12-7-5-8-13(16)15(12)17/h5,7-8,11,14H,2-4,6,9-10,18H2,1H3. The molecule has 1 aliphatic heterocycles. The number of hydrogen-bond donors (Lipinski definition) is 1. The number of piperidine rings is 1. The van der Waals surface area contributed by atoms with Gasteiger partial charge in [-0.25, -0.2) is 0 Å². The van der Waals surface area contributed by atoms with Crippen molar-refractivity contribution < 1.29 is 0 Å². The third-order valence-electron chi connectivity index (χ3n) is 4.11. The lowest BCUT2D eigenvalue weighted by molar-refractivity contribution is 0.0950. The number of nitrogens with two attached hydrogens (primary N) is 1.